The Kier molecular flexibility index (Phi) is 5.51. The molecule has 0 spiro atoms. The Labute approximate surface area is 110 Å². The fourth-order valence-electron chi connectivity index (χ4n) is 1.02. The Hall–Kier alpha value is -1.19. The van der Waals surface area contributed by atoms with Crippen LogP contribution in [0.15, 0.2) is 0 Å². The number of sulfonamides is 1. The molecule has 0 aromatic carbocycles. The molecule has 1 heterocycles. The van der Waals surface area contributed by atoms with Crippen molar-refractivity contribution in [1.29, 1.82) is 0 Å². The van der Waals surface area contributed by atoms with E-state index in [1.165, 1.54) is 0 Å². The zero-order valence-electron chi connectivity index (χ0n) is 9.97. The van der Waals surface area contributed by atoms with Crippen molar-refractivity contribution in [1.82, 2.24) is 19.7 Å². The number of nitrogens with zero attached hydrogens (tertiary/aromatic N) is 3. The Morgan fingerprint density at radius 2 is 2.00 bits per heavy atom. The molecule has 8 nitrogen and oxygen atoms in total. The molecule has 0 unspecified atom stereocenters. The van der Waals surface area contributed by atoms with Crippen LogP contribution in [0.5, 0.6) is 6.01 Å². The van der Waals surface area contributed by atoms with E-state index in [2.05, 4.69) is 25.0 Å². The minimum absolute atomic E-state index is 0.00650. The maximum atomic E-state index is 10.8. The standard InChI is InChI=1S/C8H14ClN5O3S/c1-3-17-8-13-6(9)12-7(14-8)10-4-5-11-18(2,15)16/h11H,3-5H2,1-2H3,(H,10,12,13,14). The van der Waals surface area contributed by atoms with Crippen molar-refractivity contribution < 1.29 is 13.2 Å². The van der Waals surface area contributed by atoms with E-state index in [1.54, 1.807) is 6.92 Å². The van der Waals surface area contributed by atoms with Gasteiger partial charge >= 0.3 is 6.01 Å². The molecule has 1 aromatic rings. The molecule has 0 fully saturated rings. The number of hydrogen-bond acceptors (Lipinski definition) is 7. The van der Waals surface area contributed by atoms with E-state index >= 15 is 0 Å². The van der Waals surface area contributed by atoms with Crippen molar-refractivity contribution in [3.05, 3.63) is 5.28 Å². The Morgan fingerprint density at radius 1 is 1.28 bits per heavy atom. The highest BCUT2D eigenvalue weighted by Gasteiger charge is 2.05. The number of nitrogens with one attached hydrogen (secondary N) is 2. The van der Waals surface area contributed by atoms with Gasteiger partial charge in [0.15, 0.2) is 0 Å². The average Bonchev–Trinajstić information content (AvgIpc) is 2.23. The van der Waals surface area contributed by atoms with Gasteiger partial charge in [-0.3, -0.25) is 0 Å². The van der Waals surface area contributed by atoms with Gasteiger partial charge in [-0.1, -0.05) is 0 Å². The van der Waals surface area contributed by atoms with Gasteiger partial charge < -0.3 is 10.1 Å². The molecule has 0 aliphatic heterocycles. The van der Waals surface area contributed by atoms with Gasteiger partial charge in [0.2, 0.25) is 21.3 Å². The van der Waals surface area contributed by atoms with Crippen LogP contribution in [0.25, 0.3) is 0 Å². The maximum Gasteiger partial charge on any atom is 0.322 e. The van der Waals surface area contributed by atoms with Gasteiger partial charge in [-0.05, 0) is 18.5 Å². The summed E-state index contributed by atoms with van der Waals surface area (Å²) in [5.74, 6) is 0.230. The summed E-state index contributed by atoms with van der Waals surface area (Å²) in [4.78, 5) is 11.5. The molecular formula is C8H14ClN5O3S. The molecule has 0 amide bonds. The van der Waals surface area contributed by atoms with Crippen molar-refractivity contribution in [2.75, 3.05) is 31.3 Å². The van der Waals surface area contributed by atoms with Crippen LogP contribution in [0, 0.1) is 0 Å². The lowest BCUT2D eigenvalue weighted by atomic mass is 10.6. The molecule has 0 atom stereocenters. The molecule has 0 bridgehead atoms. The van der Waals surface area contributed by atoms with E-state index in [1.807, 2.05) is 0 Å². The van der Waals surface area contributed by atoms with Crippen LogP contribution in [0.3, 0.4) is 0 Å². The first-order chi connectivity index (χ1) is 8.40. The summed E-state index contributed by atoms with van der Waals surface area (Å²) in [5, 5.41) is 2.81. The van der Waals surface area contributed by atoms with Crippen LogP contribution in [0.4, 0.5) is 5.95 Å². The summed E-state index contributed by atoms with van der Waals surface area (Å²) in [7, 11) is -3.20. The summed E-state index contributed by atoms with van der Waals surface area (Å²) in [6.07, 6.45) is 1.08. The highest BCUT2D eigenvalue weighted by atomic mass is 35.5. The van der Waals surface area contributed by atoms with Crippen molar-refractivity contribution in [3.63, 3.8) is 0 Å². The lowest BCUT2D eigenvalue weighted by Gasteiger charge is -2.07. The van der Waals surface area contributed by atoms with Crippen molar-refractivity contribution >= 4 is 27.6 Å². The predicted molar refractivity (Wildman–Crippen MR) is 67.3 cm³/mol. The summed E-state index contributed by atoms with van der Waals surface area (Å²) in [6.45, 7) is 2.74. The zero-order valence-corrected chi connectivity index (χ0v) is 11.5. The van der Waals surface area contributed by atoms with Crippen LogP contribution < -0.4 is 14.8 Å². The molecular weight excluding hydrogens is 282 g/mol. The molecule has 0 aliphatic carbocycles. The number of aromatic nitrogens is 3. The van der Waals surface area contributed by atoms with Crippen LogP contribution >= 0.6 is 11.6 Å². The monoisotopic (exact) mass is 295 g/mol. The third-order valence-corrected chi connectivity index (χ3v) is 2.53. The molecule has 1 aromatic heterocycles. The molecule has 0 aliphatic rings. The van der Waals surface area contributed by atoms with E-state index in [0.29, 0.717) is 13.2 Å². The summed E-state index contributed by atoms with van der Waals surface area (Å²) >= 11 is 5.68. The summed E-state index contributed by atoms with van der Waals surface area (Å²) in [6, 6.07) is 0.121. The highest BCUT2D eigenvalue weighted by Crippen LogP contribution is 2.10. The second-order valence-corrected chi connectivity index (χ2v) is 5.41. The number of anilines is 1. The second-order valence-electron chi connectivity index (χ2n) is 3.24. The van der Waals surface area contributed by atoms with Gasteiger partial charge in [0.25, 0.3) is 0 Å². The zero-order chi connectivity index (χ0) is 13.6. The average molecular weight is 296 g/mol. The molecule has 10 heteroatoms. The number of ether oxygens (including phenoxy) is 1. The Bertz CT molecular complexity index is 496. The highest BCUT2D eigenvalue weighted by molar-refractivity contribution is 7.88. The van der Waals surface area contributed by atoms with E-state index in [4.69, 9.17) is 16.3 Å². The summed E-state index contributed by atoms with van der Waals surface area (Å²) < 4.78 is 29.0. The largest absolute Gasteiger partial charge is 0.464 e. The molecule has 0 saturated carbocycles. The topological polar surface area (TPSA) is 106 Å². The van der Waals surface area contributed by atoms with Crippen molar-refractivity contribution in [3.8, 4) is 6.01 Å². The van der Waals surface area contributed by atoms with Crippen LogP contribution in [-0.4, -0.2) is 49.3 Å². The van der Waals surface area contributed by atoms with Crippen LogP contribution in [0.2, 0.25) is 5.28 Å². The lowest BCUT2D eigenvalue weighted by Crippen LogP contribution is -2.28. The van der Waals surface area contributed by atoms with E-state index in [0.717, 1.165) is 6.26 Å². The normalized spacial score (nSPS) is 11.3. The third kappa shape index (κ3) is 5.94. The van der Waals surface area contributed by atoms with Gasteiger partial charge in [0.1, 0.15) is 0 Å². The Balaban J connectivity index is 2.51. The number of rotatable bonds is 7. The van der Waals surface area contributed by atoms with E-state index in [9.17, 15) is 8.42 Å². The number of hydrogen-bond donors (Lipinski definition) is 2. The molecule has 0 radical (unpaired) electrons. The first-order valence-electron chi connectivity index (χ1n) is 5.13. The first kappa shape index (κ1) is 14.9. The first-order valence-corrected chi connectivity index (χ1v) is 7.40. The molecule has 18 heavy (non-hydrogen) atoms. The SMILES string of the molecule is CCOc1nc(Cl)nc(NCCNS(C)(=O)=O)n1. The van der Waals surface area contributed by atoms with Gasteiger partial charge in [0.05, 0.1) is 12.9 Å². The minimum atomic E-state index is -3.20. The molecule has 0 saturated heterocycles. The fourth-order valence-corrected chi connectivity index (χ4v) is 1.64. The van der Waals surface area contributed by atoms with Crippen LogP contribution in [-0.2, 0) is 10.0 Å². The van der Waals surface area contributed by atoms with Gasteiger partial charge in [-0.15, -0.1) is 0 Å². The predicted octanol–water partition coefficient (Wildman–Crippen LogP) is -0.115. The van der Waals surface area contributed by atoms with Gasteiger partial charge in [-0.2, -0.15) is 15.0 Å². The fraction of sp³-hybridized carbons (Fsp3) is 0.625. The van der Waals surface area contributed by atoms with Gasteiger partial charge in [-0.25, -0.2) is 13.1 Å². The van der Waals surface area contributed by atoms with E-state index < -0.39 is 10.0 Å². The minimum Gasteiger partial charge on any atom is -0.464 e. The molecule has 102 valence electrons. The molecule has 1 rings (SSSR count). The second kappa shape index (κ2) is 6.66. The molecule has 2 N–H and O–H groups in total. The van der Waals surface area contributed by atoms with Crippen LogP contribution in [0.1, 0.15) is 6.92 Å². The quantitative estimate of drug-likeness (QED) is 0.676. The summed E-state index contributed by atoms with van der Waals surface area (Å²) in [5.41, 5.74) is 0. The number of halogens is 1. The Morgan fingerprint density at radius 3 is 2.61 bits per heavy atom. The lowest BCUT2D eigenvalue weighted by molar-refractivity contribution is 0.312. The smallest absolute Gasteiger partial charge is 0.322 e. The van der Waals surface area contributed by atoms with Gasteiger partial charge in [0, 0.05) is 13.1 Å². The van der Waals surface area contributed by atoms with E-state index in [-0.39, 0.29) is 23.8 Å². The third-order valence-electron chi connectivity index (χ3n) is 1.63. The van der Waals surface area contributed by atoms with Crippen molar-refractivity contribution in [2.45, 2.75) is 6.92 Å². The van der Waals surface area contributed by atoms with Crippen molar-refractivity contribution in [2.24, 2.45) is 0 Å². The maximum absolute atomic E-state index is 10.8.